The molecular formula is C79H77F3N6O8S2. The number of aromatic nitrogens is 6. The third-order valence-electron chi connectivity index (χ3n) is 17.7. The van der Waals surface area contributed by atoms with Crippen molar-refractivity contribution in [2.45, 2.75) is 94.7 Å². The molecule has 1 atom stereocenters. The molecule has 0 aliphatic carbocycles. The number of hydrogen-bond acceptors (Lipinski definition) is 11. The first-order chi connectivity index (χ1) is 47.1. The van der Waals surface area contributed by atoms with E-state index in [-0.39, 0.29) is 22.7 Å². The molecule has 4 aromatic heterocycles. The number of H-pyrrole nitrogens is 3. The maximum atomic E-state index is 10.7. The summed E-state index contributed by atoms with van der Waals surface area (Å²) >= 11 is 2.08. The fraction of sp³-hybridized carbons (Fsp3) is 0.228. The molecule has 5 heterocycles. The van der Waals surface area contributed by atoms with Crippen molar-refractivity contribution in [1.82, 2.24) is 29.9 Å². The second kappa shape index (κ2) is 30.1. The molecule has 7 N–H and O–H groups in total. The Morgan fingerprint density at radius 3 is 1.28 bits per heavy atom. The maximum absolute atomic E-state index is 10.7. The molecule has 1 fully saturated rings. The van der Waals surface area contributed by atoms with Crippen LogP contribution in [0.3, 0.4) is 0 Å². The number of unbranched alkanes of at least 4 members (excludes halogenated alkanes) is 2. The van der Waals surface area contributed by atoms with Gasteiger partial charge in [0.05, 0.1) is 30.3 Å². The maximum Gasteiger partial charge on any atom is 0.522 e. The summed E-state index contributed by atoms with van der Waals surface area (Å²) in [5.41, 5.74) is 6.43. The molecule has 0 amide bonds. The average molecular weight is 1360 g/mol. The van der Waals surface area contributed by atoms with Gasteiger partial charge in [0, 0.05) is 54.2 Å². The van der Waals surface area contributed by atoms with Gasteiger partial charge < -0.3 is 39.7 Å². The predicted molar refractivity (Wildman–Crippen MR) is 387 cm³/mol. The molecule has 0 saturated carbocycles. The largest absolute Gasteiger partial charge is 0.522 e. The van der Waals surface area contributed by atoms with Crippen molar-refractivity contribution >= 4 is 65.4 Å². The van der Waals surface area contributed by atoms with E-state index >= 15 is 0 Å². The Morgan fingerprint density at radius 2 is 0.888 bits per heavy atom. The summed E-state index contributed by atoms with van der Waals surface area (Å²) in [6.07, 6.45) is 7.11. The highest BCUT2D eigenvalue weighted by atomic mass is 32.2. The Bertz CT molecular complexity index is 4590. The van der Waals surface area contributed by atoms with E-state index in [1.807, 2.05) is 72.8 Å². The van der Waals surface area contributed by atoms with Gasteiger partial charge in [-0.3, -0.25) is 4.55 Å². The molecule has 14 nitrogen and oxygen atoms in total. The first kappa shape index (κ1) is 69.3. The summed E-state index contributed by atoms with van der Waals surface area (Å²) in [4.78, 5) is 24.9. The van der Waals surface area contributed by atoms with Gasteiger partial charge in [0.25, 0.3) is 0 Å². The van der Waals surface area contributed by atoms with E-state index in [4.69, 9.17) is 37.4 Å². The number of phenols is 3. The Labute approximate surface area is 571 Å². The summed E-state index contributed by atoms with van der Waals surface area (Å²) in [6, 6.07) is 72.3. The molecular weight excluding hydrogens is 1280 g/mol. The number of ether oxygens (including phenoxy) is 2. The van der Waals surface area contributed by atoms with Crippen molar-refractivity contribution in [2.24, 2.45) is 0 Å². The van der Waals surface area contributed by atoms with Crippen LogP contribution in [0, 0.1) is 0 Å². The Morgan fingerprint density at radius 1 is 0.500 bits per heavy atom. The minimum Gasteiger partial charge on any atom is -0.508 e. The molecule has 1 aliphatic heterocycles. The minimum absolute atomic E-state index is 0.223. The summed E-state index contributed by atoms with van der Waals surface area (Å²) in [6.45, 7) is 12.5. The van der Waals surface area contributed by atoms with Gasteiger partial charge in [-0.2, -0.15) is 33.4 Å². The van der Waals surface area contributed by atoms with Crippen LogP contribution in [0.2, 0.25) is 0 Å². The molecule has 0 spiro atoms. The fourth-order valence-electron chi connectivity index (χ4n) is 12.0. The number of hydrogen-bond donors (Lipinski definition) is 7. The number of aromatic hydroxyl groups is 3. The van der Waals surface area contributed by atoms with Crippen molar-refractivity contribution in [3.63, 3.8) is 0 Å². The minimum atomic E-state index is -5.84. The number of nitrogens with zero attached hydrogens (tertiary/aromatic N) is 3. The number of rotatable bonds is 17. The molecule has 14 rings (SSSR count). The number of alkyl halides is 3. The fourth-order valence-corrected chi connectivity index (χ4v) is 13.3. The van der Waals surface area contributed by atoms with Gasteiger partial charge in [0.2, 0.25) is 0 Å². The van der Waals surface area contributed by atoms with E-state index in [0.29, 0.717) is 22.7 Å². The van der Waals surface area contributed by atoms with E-state index in [9.17, 15) is 28.5 Å². The van der Waals surface area contributed by atoms with Crippen LogP contribution in [0.1, 0.15) is 112 Å². The van der Waals surface area contributed by atoms with Crippen LogP contribution in [-0.4, -0.2) is 82.7 Å². The normalized spacial score (nSPS) is 13.3. The number of halogens is 3. The highest BCUT2D eigenvalue weighted by molar-refractivity contribution is 7.99. The number of benzene rings is 9. The van der Waals surface area contributed by atoms with Crippen LogP contribution >= 0.6 is 11.8 Å². The van der Waals surface area contributed by atoms with Gasteiger partial charge in [-0.25, -0.2) is 15.0 Å². The number of aromatic amines is 3. The van der Waals surface area contributed by atoms with Crippen molar-refractivity contribution < 1.29 is 50.9 Å². The average Bonchev–Trinajstić information content (AvgIpc) is 1.09. The van der Waals surface area contributed by atoms with Crippen LogP contribution in [0.5, 0.6) is 28.7 Å². The summed E-state index contributed by atoms with van der Waals surface area (Å²) in [7, 11) is -5.84. The van der Waals surface area contributed by atoms with E-state index < -0.39 is 21.0 Å². The number of fused-ring (bicyclic) bond motifs is 4. The van der Waals surface area contributed by atoms with Gasteiger partial charge in [0.15, 0.2) is 17.5 Å². The number of para-hydroxylation sites is 3. The highest BCUT2D eigenvalue weighted by Crippen LogP contribution is 2.46. The molecule has 1 aliphatic rings. The lowest BCUT2D eigenvalue weighted by Gasteiger charge is -2.33. The molecule has 0 bridgehead atoms. The quantitative estimate of drug-likeness (QED) is 0.0196. The highest BCUT2D eigenvalue weighted by Gasteiger charge is 2.44. The zero-order valence-electron chi connectivity index (χ0n) is 54.9. The summed E-state index contributed by atoms with van der Waals surface area (Å²) < 4.78 is 69.6. The standard InChI is InChI=1S/C29H28O3.C27H18N6.C22H30O2S.CHF3O3S/c1-28(2,21-8-14-25(30)15-9-21)20-4-6-22(7-5-20)29(3,23-10-16-26(31)17-11-23)24-12-18-27(32)19-13-24;1-4-10-19-16(7-1)13-22(28-19)25-31-26(23-14-17-8-2-5-11-20(17)29-23)33-27(32-25)24-15-18-9-3-6-12-21(18)30-24;1-3-5-13-23-17-9-10-18-20(16-17)19(22-8-7-15-25-22)11-12-21(18)24-14-6-4-2;2-1(3,4)8(5,6)7/h4-19,30-32H,1-3H3;1-15,28-30H;9-12,16,22H,3-8,13-15H2,1-2H3;(H,5,6,7). The van der Waals surface area contributed by atoms with Gasteiger partial charge in [-0.15, -0.1) is 0 Å². The molecule has 504 valence electrons. The van der Waals surface area contributed by atoms with Crippen LogP contribution < -0.4 is 9.47 Å². The van der Waals surface area contributed by atoms with Gasteiger partial charge in [0.1, 0.15) is 28.7 Å². The molecule has 19 heteroatoms. The monoisotopic (exact) mass is 1360 g/mol. The zero-order valence-corrected chi connectivity index (χ0v) is 56.6. The van der Waals surface area contributed by atoms with E-state index in [1.165, 1.54) is 40.5 Å². The lowest BCUT2D eigenvalue weighted by atomic mass is 9.70. The molecule has 9 aromatic carbocycles. The molecule has 0 radical (unpaired) electrons. The van der Waals surface area contributed by atoms with Crippen LogP contribution in [-0.2, 0) is 20.9 Å². The molecule has 13 aromatic rings. The van der Waals surface area contributed by atoms with E-state index in [1.54, 1.807) is 36.4 Å². The third-order valence-corrected chi connectivity index (χ3v) is 19.7. The molecule has 1 saturated heterocycles. The Balaban J connectivity index is 0.000000142. The van der Waals surface area contributed by atoms with Crippen LogP contribution in [0.4, 0.5) is 13.2 Å². The first-order valence-corrected chi connectivity index (χ1v) is 35.1. The van der Waals surface area contributed by atoms with Gasteiger partial charge >= 0.3 is 15.6 Å². The first-order valence-electron chi connectivity index (χ1n) is 32.6. The lowest BCUT2D eigenvalue weighted by Crippen LogP contribution is -2.26. The van der Waals surface area contributed by atoms with Crippen molar-refractivity contribution in [1.29, 1.82) is 0 Å². The number of nitrogens with one attached hydrogen (secondary N) is 3. The van der Waals surface area contributed by atoms with E-state index in [2.05, 4.69) is 171 Å². The number of thioether (sulfide) groups is 1. The summed E-state index contributed by atoms with van der Waals surface area (Å²) in [5, 5.41) is 35.7. The second-order valence-electron chi connectivity index (χ2n) is 24.8. The van der Waals surface area contributed by atoms with Crippen molar-refractivity contribution in [3.8, 4) is 63.3 Å². The molecule has 98 heavy (non-hydrogen) atoms. The third kappa shape index (κ3) is 16.0. The Hall–Kier alpha value is -10.1. The topological polar surface area (TPSA) is 220 Å². The second-order valence-corrected chi connectivity index (χ2v) is 27.5. The number of phenolic OH excluding ortho intramolecular Hbond substituents is 3. The zero-order chi connectivity index (χ0) is 69.2. The predicted octanol–water partition coefficient (Wildman–Crippen LogP) is 20.0. The van der Waals surface area contributed by atoms with Gasteiger partial charge in [-0.1, -0.05) is 162 Å². The SMILES string of the molecule is CC(C)(c1ccc(O)cc1)c1ccc(C(C)(c2ccc(O)cc2)c2ccc(O)cc2)cc1.CCCCOc1ccc2c(OCCCC)ccc(C3CCCS3)c2c1.O=S(=O)(O)C(F)(F)F.c1ccc2[nH]c(-c3nc(-c4cc5ccccc5[nH]4)nc(-c4cc5ccccc5[nH]4)n3)cc2c1. The molecule has 1 unspecified atom stereocenters. The lowest BCUT2D eigenvalue weighted by molar-refractivity contribution is -0.0510. The van der Waals surface area contributed by atoms with Crippen molar-refractivity contribution in [3.05, 3.63) is 252 Å². The van der Waals surface area contributed by atoms with Crippen LogP contribution in [0.15, 0.2) is 218 Å². The van der Waals surface area contributed by atoms with Crippen molar-refractivity contribution in [2.75, 3.05) is 19.0 Å². The summed E-state index contributed by atoms with van der Waals surface area (Å²) in [5.74, 6) is 5.79. The van der Waals surface area contributed by atoms with Crippen LogP contribution in [0.25, 0.3) is 78.0 Å². The van der Waals surface area contributed by atoms with E-state index in [0.717, 1.165) is 122 Å². The smallest absolute Gasteiger partial charge is 0.508 e. The van der Waals surface area contributed by atoms with Gasteiger partial charge in [-0.05, 0) is 174 Å². The Kier molecular flexibility index (Phi) is 21.3.